The molecule has 0 aliphatic carbocycles. The topological polar surface area (TPSA) is 76.2 Å². The number of amides is 1. The Balaban J connectivity index is 1.46. The quantitative estimate of drug-likeness (QED) is 0.745. The SMILES string of the molecule is Cc1ccc(N2C(=O)CN(Cc3ccc4c(c3)OCO4)C3CS(=O)(=O)CC32)cc1C. The van der Waals surface area contributed by atoms with Gasteiger partial charge in [-0.2, -0.15) is 0 Å². The molecule has 3 aliphatic rings. The number of fused-ring (bicyclic) bond motifs is 2. The molecule has 0 saturated carbocycles. The third kappa shape index (κ3) is 3.33. The maximum absolute atomic E-state index is 13.2. The predicted octanol–water partition coefficient (Wildman–Crippen LogP) is 2.05. The summed E-state index contributed by atoms with van der Waals surface area (Å²) in [5, 5.41) is 0. The molecule has 0 bridgehead atoms. The number of carbonyl (C=O) groups excluding carboxylic acids is 1. The normalized spacial score (nSPS) is 24.9. The van der Waals surface area contributed by atoms with E-state index in [1.54, 1.807) is 4.90 Å². The molecule has 2 aromatic carbocycles. The van der Waals surface area contributed by atoms with Gasteiger partial charge >= 0.3 is 0 Å². The number of rotatable bonds is 3. The highest BCUT2D eigenvalue weighted by Gasteiger charge is 2.49. The number of piperazine rings is 1. The van der Waals surface area contributed by atoms with Gasteiger partial charge in [-0.3, -0.25) is 9.69 Å². The van der Waals surface area contributed by atoms with Gasteiger partial charge in [0.1, 0.15) is 0 Å². The summed E-state index contributed by atoms with van der Waals surface area (Å²) in [7, 11) is -3.23. The van der Waals surface area contributed by atoms with Crippen molar-refractivity contribution in [1.82, 2.24) is 4.90 Å². The summed E-state index contributed by atoms with van der Waals surface area (Å²) >= 11 is 0. The van der Waals surface area contributed by atoms with Crippen LogP contribution in [-0.2, 0) is 21.2 Å². The van der Waals surface area contributed by atoms with Crippen LogP contribution >= 0.6 is 0 Å². The number of benzene rings is 2. The van der Waals surface area contributed by atoms with Crippen LogP contribution in [0, 0.1) is 13.8 Å². The van der Waals surface area contributed by atoms with Gasteiger partial charge < -0.3 is 14.4 Å². The Morgan fingerprint density at radius 2 is 1.73 bits per heavy atom. The molecule has 2 unspecified atom stereocenters. The van der Waals surface area contributed by atoms with Crippen molar-refractivity contribution < 1.29 is 22.7 Å². The fourth-order valence-corrected chi connectivity index (χ4v) is 6.60. The summed E-state index contributed by atoms with van der Waals surface area (Å²) in [6.07, 6.45) is 0. The summed E-state index contributed by atoms with van der Waals surface area (Å²) in [4.78, 5) is 16.9. The largest absolute Gasteiger partial charge is 0.454 e. The first-order valence-electron chi connectivity index (χ1n) is 10.0. The van der Waals surface area contributed by atoms with E-state index in [0.29, 0.717) is 18.0 Å². The van der Waals surface area contributed by atoms with Crippen LogP contribution in [-0.4, -0.2) is 56.2 Å². The van der Waals surface area contributed by atoms with Gasteiger partial charge in [0.2, 0.25) is 12.7 Å². The van der Waals surface area contributed by atoms with Gasteiger partial charge in [0, 0.05) is 18.3 Å². The van der Waals surface area contributed by atoms with E-state index in [4.69, 9.17) is 9.47 Å². The molecule has 1 amide bonds. The lowest BCUT2D eigenvalue weighted by atomic mass is 10.0. The molecular weight excluding hydrogens is 404 g/mol. The molecule has 5 rings (SSSR count). The molecule has 3 heterocycles. The van der Waals surface area contributed by atoms with Crippen LogP contribution in [0.5, 0.6) is 11.5 Å². The fourth-order valence-electron chi connectivity index (χ4n) is 4.62. The Morgan fingerprint density at radius 3 is 2.53 bits per heavy atom. The monoisotopic (exact) mass is 428 g/mol. The number of hydrogen-bond donors (Lipinski definition) is 0. The minimum atomic E-state index is -3.23. The van der Waals surface area contributed by atoms with Crippen LogP contribution in [0.1, 0.15) is 16.7 Å². The lowest BCUT2D eigenvalue weighted by Crippen LogP contribution is -2.61. The molecule has 0 spiro atoms. The van der Waals surface area contributed by atoms with Gasteiger partial charge in [-0.1, -0.05) is 12.1 Å². The van der Waals surface area contributed by atoms with Crippen LogP contribution in [0.2, 0.25) is 0 Å². The molecule has 158 valence electrons. The molecular formula is C22H24N2O5S. The van der Waals surface area contributed by atoms with Gasteiger partial charge in [-0.05, 0) is 54.8 Å². The third-order valence-corrected chi connectivity index (χ3v) is 7.99. The van der Waals surface area contributed by atoms with E-state index in [1.165, 1.54) is 0 Å². The minimum absolute atomic E-state index is 0.00598. The van der Waals surface area contributed by atoms with Gasteiger partial charge in [-0.25, -0.2) is 8.42 Å². The summed E-state index contributed by atoms with van der Waals surface area (Å²) in [5.41, 5.74) is 3.97. The van der Waals surface area contributed by atoms with Crippen molar-refractivity contribution in [2.45, 2.75) is 32.5 Å². The van der Waals surface area contributed by atoms with Crippen LogP contribution < -0.4 is 14.4 Å². The van der Waals surface area contributed by atoms with Crippen molar-refractivity contribution in [1.29, 1.82) is 0 Å². The van der Waals surface area contributed by atoms with Crippen molar-refractivity contribution in [3.05, 3.63) is 53.1 Å². The number of sulfone groups is 1. The summed E-state index contributed by atoms with van der Waals surface area (Å²) in [5.74, 6) is 1.38. The maximum Gasteiger partial charge on any atom is 0.241 e. The zero-order valence-corrected chi connectivity index (χ0v) is 17.8. The highest BCUT2D eigenvalue weighted by Crippen LogP contribution is 2.36. The van der Waals surface area contributed by atoms with E-state index >= 15 is 0 Å². The molecule has 0 aromatic heterocycles. The van der Waals surface area contributed by atoms with Gasteiger partial charge in [-0.15, -0.1) is 0 Å². The van der Waals surface area contributed by atoms with Gasteiger partial charge in [0.15, 0.2) is 21.3 Å². The van der Waals surface area contributed by atoms with E-state index in [-0.39, 0.29) is 42.8 Å². The lowest BCUT2D eigenvalue weighted by molar-refractivity contribution is -0.123. The van der Waals surface area contributed by atoms with Gasteiger partial charge in [0.05, 0.1) is 24.1 Å². The molecule has 3 aliphatic heterocycles. The van der Waals surface area contributed by atoms with Crippen molar-refractivity contribution in [2.75, 3.05) is 29.7 Å². The van der Waals surface area contributed by atoms with Gasteiger partial charge in [0.25, 0.3) is 0 Å². The number of ether oxygens (including phenoxy) is 2. The second-order valence-corrected chi connectivity index (χ2v) is 10.5. The van der Waals surface area contributed by atoms with Crippen molar-refractivity contribution in [3.8, 4) is 11.5 Å². The predicted molar refractivity (Wildman–Crippen MR) is 113 cm³/mol. The Bertz CT molecular complexity index is 1130. The average molecular weight is 429 g/mol. The standard InChI is InChI=1S/C22H24N2O5S/c1-14-3-5-17(7-15(14)2)24-19-12-30(26,27)11-18(19)23(10-22(24)25)9-16-4-6-20-21(8-16)29-13-28-20/h3-8,18-19H,9-13H2,1-2H3. The fraction of sp³-hybridized carbons (Fsp3) is 0.409. The zero-order chi connectivity index (χ0) is 21.0. The highest BCUT2D eigenvalue weighted by molar-refractivity contribution is 7.91. The molecule has 0 N–H and O–H groups in total. The Morgan fingerprint density at radius 1 is 0.967 bits per heavy atom. The number of anilines is 1. The molecule has 2 aromatic rings. The van der Waals surface area contributed by atoms with Crippen molar-refractivity contribution in [2.24, 2.45) is 0 Å². The minimum Gasteiger partial charge on any atom is -0.454 e. The average Bonchev–Trinajstić information content (AvgIpc) is 3.27. The van der Waals surface area contributed by atoms with Crippen LogP contribution in [0.15, 0.2) is 36.4 Å². The van der Waals surface area contributed by atoms with E-state index in [9.17, 15) is 13.2 Å². The molecule has 2 atom stereocenters. The Hall–Kier alpha value is -2.58. The lowest BCUT2D eigenvalue weighted by Gasteiger charge is -2.43. The van der Waals surface area contributed by atoms with E-state index in [2.05, 4.69) is 0 Å². The second kappa shape index (κ2) is 6.99. The highest BCUT2D eigenvalue weighted by atomic mass is 32.2. The number of hydrogen-bond acceptors (Lipinski definition) is 6. The molecule has 0 radical (unpaired) electrons. The summed E-state index contributed by atoms with van der Waals surface area (Å²) < 4.78 is 35.9. The molecule has 30 heavy (non-hydrogen) atoms. The first-order chi connectivity index (χ1) is 14.3. The van der Waals surface area contributed by atoms with Crippen molar-refractivity contribution in [3.63, 3.8) is 0 Å². The first kappa shape index (κ1) is 19.4. The van der Waals surface area contributed by atoms with E-state index < -0.39 is 9.84 Å². The smallest absolute Gasteiger partial charge is 0.241 e. The van der Waals surface area contributed by atoms with Crippen LogP contribution in [0.3, 0.4) is 0 Å². The Kier molecular flexibility index (Phi) is 4.52. The summed E-state index contributed by atoms with van der Waals surface area (Å²) in [6, 6.07) is 10.9. The first-order valence-corrected chi connectivity index (χ1v) is 11.9. The second-order valence-electron chi connectivity index (χ2n) is 8.34. The molecule has 7 nitrogen and oxygen atoms in total. The van der Waals surface area contributed by atoms with E-state index in [1.807, 2.05) is 55.1 Å². The molecule has 2 fully saturated rings. The zero-order valence-electron chi connectivity index (χ0n) is 17.0. The third-order valence-electron chi connectivity index (χ3n) is 6.29. The number of carbonyl (C=O) groups is 1. The van der Waals surface area contributed by atoms with Crippen LogP contribution in [0.25, 0.3) is 0 Å². The number of aryl methyl sites for hydroxylation is 2. The summed E-state index contributed by atoms with van der Waals surface area (Å²) in [6.45, 7) is 4.89. The molecule has 2 saturated heterocycles. The molecule has 8 heteroatoms. The Labute approximate surface area is 176 Å². The maximum atomic E-state index is 13.2. The number of nitrogens with zero attached hydrogens (tertiary/aromatic N) is 2. The van der Waals surface area contributed by atoms with Crippen molar-refractivity contribution >= 4 is 21.4 Å². The van der Waals surface area contributed by atoms with E-state index in [0.717, 1.165) is 22.4 Å². The van der Waals surface area contributed by atoms with Crippen LogP contribution in [0.4, 0.5) is 5.69 Å².